The van der Waals surface area contributed by atoms with E-state index < -0.39 is 36.1 Å². The zero-order valence-corrected chi connectivity index (χ0v) is 13.7. The zero-order chi connectivity index (χ0) is 18.0. The van der Waals surface area contributed by atoms with Crippen LogP contribution in [0.1, 0.15) is 12.5 Å². The van der Waals surface area contributed by atoms with Crippen LogP contribution in [0.25, 0.3) is 10.8 Å². The fourth-order valence-corrected chi connectivity index (χ4v) is 2.74. The summed E-state index contributed by atoms with van der Waals surface area (Å²) in [6, 6.07) is 12.1. The first-order valence-corrected chi connectivity index (χ1v) is 7.95. The van der Waals surface area contributed by atoms with Gasteiger partial charge in [0.2, 0.25) is 12.1 Å². The number of ether oxygens (including phenoxy) is 1. The number of rotatable bonds is 5. The third kappa shape index (κ3) is 3.77. The van der Waals surface area contributed by atoms with Crippen LogP contribution in [0.3, 0.4) is 0 Å². The average molecular weight is 341 g/mol. The Hall–Kier alpha value is -2.93. The van der Waals surface area contributed by atoms with E-state index in [1.165, 1.54) is 6.92 Å². The Morgan fingerprint density at radius 2 is 1.96 bits per heavy atom. The molecule has 7 nitrogen and oxygen atoms in total. The molecule has 0 aromatic heterocycles. The van der Waals surface area contributed by atoms with E-state index in [4.69, 9.17) is 10.5 Å². The molecule has 130 valence electrons. The lowest BCUT2D eigenvalue weighted by Gasteiger charge is -2.36. The largest absolute Gasteiger partial charge is 0.439 e. The molecule has 2 aromatic carbocycles. The van der Waals surface area contributed by atoms with Crippen LogP contribution in [-0.4, -0.2) is 36.1 Å². The lowest BCUT2D eigenvalue weighted by Crippen LogP contribution is -2.71. The second-order valence-electron chi connectivity index (χ2n) is 6.02. The van der Waals surface area contributed by atoms with Crippen LogP contribution in [0.5, 0.6) is 0 Å². The molecule has 25 heavy (non-hydrogen) atoms. The number of amides is 2. The molecule has 7 heteroatoms. The summed E-state index contributed by atoms with van der Waals surface area (Å²) in [4.78, 5) is 34.7. The van der Waals surface area contributed by atoms with Gasteiger partial charge < -0.3 is 21.1 Å². The minimum atomic E-state index is -0.904. The quantitative estimate of drug-likeness (QED) is 0.532. The van der Waals surface area contributed by atoms with Crippen molar-refractivity contribution in [3.8, 4) is 0 Å². The molecule has 1 heterocycles. The highest BCUT2D eigenvalue weighted by atomic mass is 16.6. The topological polar surface area (TPSA) is 111 Å². The number of carbonyl (C=O) groups excluding carboxylic acids is 3. The van der Waals surface area contributed by atoms with Gasteiger partial charge in [-0.15, -0.1) is 0 Å². The van der Waals surface area contributed by atoms with Crippen molar-refractivity contribution in [1.82, 2.24) is 10.6 Å². The Labute approximate surface area is 144 Å². The molecule has 0 bridgehead atoms. The van der Waals surface area contributed by atoms with Gasteiger partial charge in [0.15, 0.2) is 6.04 Å². The molecule has 0 aliphatic carbocycles. The van der Waals surface area contributed by atoms with Gasteiger partial charge in [0, 0.05) is 6.92 Å². The Morgan fingerprint density at radius 3 is 2.64 bits per heavy atom. The van der Waals surface area contributed by atoms with E-state index in [2.05, 4.69) is 10.6 Å². The van der Waals surface area contributed by atoms with Gasteiger partial charge in [0.05, 0.1) is 6.04 Å². The maximum absolute atomic E-state index is 12.2. The van der Waals surface area contributed by atoms with Gasteiger partial charge >= 0.3 is 5.97 Å². The molecule has 1 saturated heterocycles. The summed E-state index contributed by atoms with van der Waals surface area (Å²) < 4.78 is 4.89. The summed E-state index contributed by atoms with van der Waals surface area (Å²) >= 11 is 0. The van der Waals surface area contributed by atoms with Crippen molar-refractivity contribution in [3.05, 3.63) is 48.0 Å². The lowest BCUT2D eigenvalue weighted by atomic mass is 10.0. The molecular formula is C18H19N3O4. The van der Waals surface area contributed by atoms with E-state index in [1.54, 1.807) is 0 Å². The molecule has 0 saturated carbocycles. The van der Waals surface area contributed by atoms with Gasteiger partial charge in [-0.05, 0) is 22.8 Å². The van der Waals surface area contributed by atoms with E-state index in [0.29, 0.717) is 6.42 Å². The number of hydrogen-bond donors (Lipinski definition) is 3. The van der Waals surface area contributed by atoms with Crippen molar-refractivity contribution >= 4 is 28.6 Å². The number of β-lactam (4-membered cyclic amide) rings is 1. The second kappa shape index (κ2) is 6.90. The first-order chi connectivity index (χ1) is 11.9. The van der Waals surface area contributed by atoms with Crippen molar-refractivity contribution in [1.29, 1.82) is 0 Å². The Kier molecular flexibility index (Phi) is 4.67. The normalized spacial score (nSPS) is 20.3. The molecule has 0 unspecified atom stereocenters. The Morgan fingerprint density at radius 1 is 1.24 bits per heavy atom. The van der Waals surface area contributed by atoms with Gasteiger partial charge in [0.25, 0.3) is 5.91 Å². The minimum Gasteiger partial charge on any atom is -0.439 e. The van der Waals surface area contributed by atoms with E-state index in [1.807, 2.05) is 42.5 Å². The van der Waals surface area contributed by atoms with Crippen molar-refractivity contribution in [2.75, 3.05) is 0 Å². The average Bonchev–Trinajstić information content (AvgIpc) is 2.58. The second-order valence-corrected chi connectivity index (χ2v) is 6.02. The summed E-state index contributed by atoms with van der Waals surface area (Å²) in [6.07, 6.45) is -0.509. The monoisotopic (exact) mass is 341 g/mol. The lowest BCUT2D eigenvalue weighted by molar-refractivity contribution is -0.164. The summed E-state index contributed by atoms with van der Waals surface area (Å²) in [5.74, 6) is -1.41. The molecule has 0 radical (unpaired) electrons. The summed E-state index contributed by atoms with van der Waals surface area (Å²) in [5.41, 5.74) is 6.89. The van der Waals surface area contributed by atoms with Gasteiger partial charge in [-0.3, -0.25) is 14.4 Å². The van der Waals surface area contributed by atoms with Crippen molar-refractivity contribution in [2.24, 2.45) is 5.73 Å². The van der Waals surface area contributed by atoms with E-state index >= 15 is 0 Å². The van der Waals surface area contributed by atoms with Crippen molar-refractivity contribution in [2.45, 2.75) is 31.7 Å². The first kappa shape index (κ1) is 16.9. The molecule has 1 fully saturated rings. The molecule has 1 aliphatic heterocycles. The molecular weight excluding hydrogens is 322 g/mol. The highest BCUT2D eigenvalue weighted by Gasteiger charge is 2.43. The number of benzene rings is 2. The maximum Gasteiger partial charge on any atom is 0.304 e. The van der Waals surface area contributed by atoms with Crippen molar-refractivity contribution in [3.63, 3.8) is 0 Å². The summed E-state index contributed by atoms with van der Waals surface area (Å²) in [6.45, 7) is 1.23. The number of fused-ring (bicyclic) bond motifs is 1. The van der Waals surface area contributed by atoms with Gasteiger partial charge in [-0.1, -0.05) is 42.5 Å². The smallest absolute Gasteiger partial charge is 0.304 e. The third-order valence-corrected chi connectivity index (χ3v) is 4.07. The van der Waals surface area contributed by atoms with Gasteiger partial charge in [0.1, 0.15) is 0 Å². The number of esters is 1. The Balaban J connectivity index is 1.61. The van der Waals surface area contributed by atoms with Crippen LogP contribution in [0.15, 0.2) is 42.5 Å². The molecule has 2 amide bonds. The van der Waals surface area contributed by atoms with Crippen molar-refractivity contribution < 1.29 is 19.1 Å². The standard InChI is InChI=1S/C18H19N3O4/c1-10(22)25-18-15(17(24)21-18)20-16(23)14(19)9-11-6-7-12-4-2-3-5-13(12)8-11/h2-8,14-15,18H,9,19H2,1H3,(H,20,23)(H,21,24)/t14-,15+,18-/m0/s1. The minimum absolute atomic E-state index is 0.337. The molecule has 3 rings (SSSR count). The van der Waals surface area contributed by atoms with Crippen LogP contribution < -0.4 is 16.4 Å². The van der Waals surface area contributed by atoms with E-state index in [-0.39, 0.29) is 0 Å². The molecule has 1 aliphatic rings. The van der Waals surface area contributed by atoms with Crippen LogP contribution in [0, 0.1) is 0 Å². The molecule has 3 atom stereocenters. The predicted octanol–water partition coefficient (Wildman–Crippen LogP) is 0.213. The summed E-state index contributed by atoms with van der Waals surface area (Å²) in [5, 5.41) is 7.11. The Bertz CT molecular complexity index is 836. The van der Waals surface area contributed by atoms with Crippen LogP contribution in [-0.2, 0) is 25.5 Å². The fraction of sp³-hybridized carbons (Fsp3) is 0.278. The first-order valence-electron chi connectivity index (χ1n) is 7.95. The van der Waals surface area contributed by atoms with E-state index in [9.17, 15) is 14.4 Å². The SMILES string of the molecule is CC(=O)O[C@@H]1NC(=O)[C@H]1NC(=O)[C@@H](N)Cc1ccc2ccccc2c1. The number of hydrogen-bond acceptors (Lipinski definition) is 5. The predicted molar refractivity (Wildman–Crippen MR) is 91.3 cm³/mol. The van der Waals surface area contributed by atoms with Crippen LogP contribution in [0.2, 0.25) is 0 Å². The molecule has 2 aromatic rings. The van der Waals surface area contributed by atoms with E-state index in [0.717, 1.165) is 16.3 Å². The number of carbonyl (C=O) groups is 3. The maximum atomic E-state index is 12.2. The highest BCUT2D eigenvalue weighted by Crippen LogP contribution is 2.16. The third-order valence-electron chi connectivity index (χ3n) is 4.07. The van der Waals surface area contributed by atoms with Crippen LogP contribution in [0.4, 0.5) is 0 Å². The number of nitrogens with two attached hydrogens (primary N) is 1. The summed E-state index contributed by atoms with van der Waals surface area (Å²) in [7, 11) is 0. The van der Waals surface area contributed by atoms with Gasteiger partial charge in [-0.2, -0.15) is 0 Å². The zero-order valence-electron chi connectivity index (χ0n) is 13.7. The number of nitrogens with one attached hydrogen (secondary N) is 2. The fourth-order valence-electron chi connectivity index (χ4n) is 2.74. The molecule has 4 N–H and O–H groups in total. The molecule has 0 spiro atoms. The van der Waals surface area contributed by atoms with Crippen LogP contribution >= 0.6 is 0 Å². The highest BCUT2D eigenvalue weighted by molar-refractivity contribution is 5.94. The van der Waals surface area contributed by atoms with Gasteiger partial charge in [-0.25, -0.2) is 0 Å².